The summed E-state index contributed by atoms with van der Waals surface area (Å²) in [6.07, 6.45) is 3.45. The Morgan fingerprint density at radius 3 is 2.71 bits per heavy atom. The largest absolute Gasteiger partial charge is 0.369 e. The monoisotopic (exact) mass is 484 g/mol. The summed E-state index contributed by atoms with van der Waals surface area (Å²) in [6, 6.07) is 7.88. The summed E-state index contributed by atoms with van der Waals surface area (Å²) in [4.78, 5) is 19.0. The number of halogens is 2. The molecule has 178 valence electrons. The molecule has 0 aliphatic carbocycles. The molecule has 1 fully saturated rings. The molecule has 5 rings (SSSR count). The Morgan fingerprint density at radius 1 is 1.15 bits per heavy atom. The van der Waals surface area contributed by atoms with E-state index in [9.17, 15) is 8.78 Å². The van der Waals surface area contributed by atoms with Crippen molar-refractivity contribution in [3.05, 3.63) is 42.4 Å². The first-order valence-corrected chi connectivity index (χ1v) is 12.0. The molecule has 0 radical (unpaired) electrons. The number of nitrogens with zero attached hydrogens (tertiary/aromatic N) is 6. The molecular weight excluding hydrogens is 458 g/mol. The summed E-state index contributed by atoms with van der Waals surface area (Å²) in [7, 11) is 0. The van der Waals surface area contributed by atoms with Crippen LogP contribution in [0, 0.1) is 6.92 Å². The van der Waals surface area contributed by atoms with Crippen molar-refractivity contribution in [1.29, 1.82) is 0 Å². The van der Waals surface area contributed by atoms with Gasteiger partial charge < -0.3 is 10.2 Å². The van der Waals surface area contributed by atoms with Gasteiger partial charge in [-0.25, -0.2) is 23.7 Å². The maximum atomic E-state index is 13.1. The highest BCUT2D eigenvalue weighted by Crippen LogP contribution is 2.30. The molecular formula is C23H26F2N8S. The van der Waals surface area contributed by atoms with Crippen LogP contribution < -0.4 is 10.2 Å². The van der Waals surface area contributed by atoms with Gasteiger partial charge in [-0.3, -0.25) is 10.00 Å². The number of aryl methyl sites for hydroxylation is 1. The van der Waals surface area contributed by atoms with Crippen LogP contribution in [0.25, 0.3) is 21.6 Å². The first kappa shape index (κ1) is 22.6. The third-order valence-electron chi connectivity index (χ3n) is 5.94. The van der Waals surface area contributed by atoms with Gasteiger partial charge in [-0.05, 0) is 32.0 Å². The lowest BCUT2D eigenvalue weighted by Crippen LogP contribution is -2.47. The minimum atomic E-state index is -2.61. The van der Waals surface area contributed by atoms with Crippen LogP contribution in [0.5, 0.6) is 0 Å². The average molecular weight is 485 g/mol. The molecule has 0 bridgehead atoms. The van der Waals surface area contributed by atoms with Gasteiger partial charge in [-0.15, -0.1) is 0 Å². The van der Waals surface area contributed by atoms with Gasteiger partial charge in [-0.2, -0.15) is 5.10 Å². The number of H-pyrrole nitrogens is 1. The standard InChI is InChI=1S/C23H26F2N8S/c1-15-17(14-27-31-15)18-3-4-19-21(28-18)34-22(29-19)30-20-13-16(5-7-26-20)33-11-9-32(10-12-33)8-6-23(2,24)25/h3-5,7,13-14H,6,8-12H2,1-2H3,(H,27,31)(H,26,29,30). The van der Waals surface area contributed by atoms with E-state index in [1.165, 1.54) is 11.3 Å². The number of anilines is 3. The minimum absolute atomic E-state index is 0.101. The highest BCUT2D eigenvalue weighted by Gasteiger charge is 2.24. The second kappa shape index (κ2) is 9.22. The second-order valence-electron chi connectivity index (χ2n) is 8.62. The maximum Gasteiger partial charge on any atom is 0.246 e. The Hall–Kier alpha value is -3.18. The molecule has 0 aromatic carbocycles. The average Bonchev–Trinajstić information content (AvgIpc) is 3.42. The van der Waals surface area contributed by atoms with Crippen LogP contribution in [0.1, 0.15) is 19.0 Å². The number of aromatic nitrogens is 5. The van der Waals surface area contributed by atoms with E-state index >= 15 is 0 Å². The summed E-state index contributed by atoms with van der Waals surface area (Å²) >= 11 is 1.47. The minimum Gasteiger partial charge on any atom is -0.369 e. The summed E-state index contributed by atoms with van der Waals surface area (Å²) in [6.45, 7) is 6.49. The van der Waals surface area contributed by atoms with Gasteiger partial charge in [0, 0.05) is 68.4 Å². The SMILES string of the molecule is Cc1[nH]ncc1-c1ccc2nc(Nc3cc(N4CCN(CCC(C)(F)F)CC4)ccn3)sc2n1. The second-order valence-corrected chi connectivity index (χ2v) is 9.60. The van der Waals surface area contributed by atoms with Gasteiger partial charge >= 0.3 is 0 Å². The smallest absolute Gasteiger partial charge is 0.246 e. The van der Waals surface area contributed by atoms with Gasteiger partial charge in [0.25, 0.3) is 0 Å². The Bertz CT molecular complexity index is 1270. The summed E-state index contributed by atoms with van der Waals surface area (Å²) < 4.78 is 26.3. The van der Waals surface area contributed by atoms with E-state index in [-0.39, 0.29) is 6.42 Å². The van der Waals surface area contributed by atoms with Gasteiger partial charge in [0.15, 0.2) is 5.13 Å². The number of thiazole rings is 1. The number of nitrogens with one attached hydrogen (secondary N) is 2. The fraction of sp³-hybridized carbons (Fsp3) is 0.391. The number of alkyl halides is 2. The molecule has 0 atom stereocenters. The molecule has 0 unspecified atom stereocenters. The highest BCUT2D eigenvalue weighted by molar-refractivity contribution is 7.21. The molecule has 2 N–H and O–H groups in total. The van der Waals surface area contributed by atoms with Crippen molar-refractivity contribution in [3.63, 3.8) is 0 Å². The number of fused-ring (bicyclic) bond motifs is 1. The lowest BCUT2D eigenvalue weighted by Gasteiger charge is -2.36. The highest BCUT2D eigenvalue weighted by atomic mass is 32.1. The first-order chi connectivity index (χ1) is 16.3. The van der Waals surface area contributed by atoms with Crippen LogP contribution in [-0.2, 0) is 0 Å². The molecule has 34 heavy (non-hydrogen) atoms. The van der Waals surface area contributed by atoms with Crippen molar-refractivity contribution in [1.82, 2.24) is 30.0 Å². The number of aromatic amines is 1. The van der Waals surface area contributed by atoms with Gasteiger partial charge in [0.1, 0.15) is 16.2 Å². The van der Waals surface area contributed by atoms with Gasteiger partial charge in [0.2, 0.25) is 5.92 Å². The third-order valence-corrected chi connectivity index (χ3v) is 6.82. The molecule has 11 heteroatoms. The normalized spacial score (nSPS) is 15.2. The number of hydrogen-bond acceptors (Lipinski definition) is 8. The van der Waals surface area contributed by atoms with E-state index in [0.717, 1.165) is 71.2 Å². The third kappa shape index (κ3) is 5.15. The van der Waals surface area contributed by atoms with Crippen LogP contribution in [0.2, 0.25) is 0 Å². The summed E-state index contributed by atoms with van der Waals surface area (Å²) in [5.41, 5.74) is 4.68. The van der Waals surface area contributed by atoms with E-state index in [4.69, 9.17) is 4.98 Å². The van der Waals surface area contributed by atoms with E-state index in [1.54, 1.807) is 12.4 Å². The molecule has 1 saturated heterocycles. The van der Waals surface area contributed by atoms with E-state index in [2.05, 4.69) is 35.3 Å². The van der Waals surface area contributed by atoms with Crippen molar-refractivity contribution in [2.24, 2.45) is 0 Å². The zero-order valence-electron chi connectivity index (χ0n) is 19.1. The molecule has 4 aromatic rings. The molecule has 5 heterocycles. The predicted molar refractivity (Wildman–Crippen MR) is 131 cm³/mol. The van der Waals surface area contributed by atoms with Crippen molar-refractivity contribution in [2.45, 2.75) is 26.2 Å². The van der Waals surface area contributed by atoms with Gasteiger partial charge in [-0.1, -0.05) is 11.3 Å². The lowest BCUT2D eigenvalue weighted by atomic mass is 10.2. The fourth-order valence-electron chi connectivity index (χ4n) is 4.01. The quantitative estimate of drug-likeness (QED) is 0.393. The van der Waals surface area contributed by atoms with Crippen LogP contribution >= 0.6 is 11.3 Å². The summed E-state index contributed by atoms with van der Waals surface area (Å²) in [5.74, 6) is -1.91. The maximum absolute atomic E-state index is 13.1. The van der Waals surface area contributed by atoms with E-state index in [0.29, 0.717) is 12.4 Å². The Labute approximate surface area is 200 Å². The number of hydrogen-bond donors (Lipinski definition) is 2. The zero-order chi connectivity index (χ0) is 23.7. The van der Waals surface area contributed by atoms with Crippen LogP contribution in [0.4, 0.5) is 25.4 Å². The topological polar surface area (TPSA) is 85.9 Å². The zero-order valence-corrected chi connectivity index (χ0v) is 19.9. The number of piperazine rings is 1. The predicted octanol–water partition coefficient (Wildman–Crippen LogP) is 4.70. The Kier molecular flexibility index (Phi) is 6.13. The molecule has 1 aliphatic rings. The number of rotatable bonds is 7. The van der Waals surface area contributed by atoms with Crippen molar-refractivity contribution < 1.29 is 8.78 Å². The van der Waals surface area contributed by atoms with Crippen LogP contribution in [0.3, 0.4) is 0 Å². The van der Waals surface area contributed by atoms with Crippen LogP contribution in [0.15, 0.2) is 36.7 Å². The van der Waals surface area contributed by atoms with Crippen molar-refractivity contribution >= 4 is 38.3 Å². The van der Waals surface area contributed by atoms with Gasteiger partial charge in [0.05, 0.1) is 11.9 Å². The van der Waals surface area contributed by atoms with E-state index in [1.807, 2.05) is 31.2 Å². The first-order valence-electron chi connectivity index (χ1n) is 11.2. The Balaban J connectivity index is 1.25. The van der Waals surface area contributed by atoms with Crippen molar-refractivity contribution in [2.75, 3.05) is 42.9 Å². The molecule has 0 saturated carbocycles. The molecule has 0 spiro atoms. The molecule has 1 aliphatic heterocycles. The molecule has 0 amide bonds. The van der Waals surface area contributed by atoms with Crippen LogP contribution in [-0.4, -0.2) is 68.7 Å². The molecule has 4 aromatic heterocycles. The lowest BCUT2D eigenvalue weighted by molar-refractivity contribution is 0.00280. The fourth-order valence-corrected chi connectivity index (χ4v) is 4.85. The Morgan fingerprint density at radius 2 is 1.97 bits per heavy atom. The molecule has 8 nitrogen and oxygen atoms in total. The van der Waals surface area contributed by atoms with E-state index < -0.39 is 5.92 Å². The van der Waals surface area contributed by atoms with Crippen molar-refractivity contribution in [3.8, 4) is 11.3 Å². The number of pyridine rings is 2. The summed E-state index contributed by atoms with van der Waals surface area (Å²) in [5, 5.41) is 11.0.